The third-order valence-corrected chi connectivity index (χ3v) is 8.72. The molecule has 0 heterocycles. The molecule has 2 rings (SSSR count). The van der Waals surface area contributed by atoms with Gasteiger partial charge in [0.25, 0.3) is 7.52 Å². The van der Waals surface area contributed by atoms with Crippen LogP contribution < -0.4 is 16.1 Å². The van der Waals surface area contributed by atoms with Crippen LogP contribution in [0.1, 0.15) is 139 Å². The quantitative estimate of drug-likeness (QED) is 0.0770. The van der Waals surface area contributed by atoms with E-state index < -0.39 is 19.2 Å². The third-order valence-electron chi connectivity index (χ3n) is 6.67. The van der Waals surface area contributed by atoms with Crippen molar-refractivity contribution in [3.05, 3.63) is 12.2 Å². The molecule has 0 bridgehead atoms. The number of primary amides is 1. The predicted molar refractivity (Wildman–Crippen MR) is 179 cm³/mol. The summed E-state index contributed by atoms with van der Waals surface area (Å²) in [5.74, 6) is -0.135. The van der Waals surface area contributed by atoms with Crippen LogP contribution in [-0.2, 0) is 23.7 Å². The molecule has 11 heteroatoms. The molecule has 0 aromatic heterocycles. The van der Waals surface area contributed by atoms with Crippen LogP contribution in [0.15, 0.2) is 12.2 Å². The summed E-state index contributed by atoms with van der Waals surface area (Å²) >= 11 is 0. The minimum Gasteiger partial charge on any atom is -0.444 e. The lowest BCUT2D eigenvalue weighted by Crippen LogP contribution is -2.34. The highest BCUT2D eigenvalue weighted by Crippen LogP contribution is 2.55. The highest BCUT2D eigenvalue weighted by Gasteiger charge is 2.46. The van der Waals surface area contributed by atoms with Crippen LogP contribution in [0, 0.1) is 17.8 Å². The molecule has 2 saturated carbocycles. The summed E-state index contributed by atoms with van der Waals surface area (Å²) in [4.78, 5) is 53.6. The van der Waals surface area contributed by atoms with Crippen molar-refractivity contribution in [2.24, 2.45) is 23.5 Å². The SMILES string of the molecule is CC.CC(=O)CNC(=O)OC(C)(C)C.CCCCC(CCC)C(N)=O.CCCCC/C=C\C1CC1C(=O)NP(=O)(O)C1CC1. The molecular weight excluding hydrogens is 581 g/mol. The number of hydrogen-bond acceptors (Lipinski definition) is 6. The van der Waals surface area contributed by atoms with Crippen LogP contribution in [0.5, 0.6) is 0 Å². The number of hydrogen-bond donors (Lipinski definition) is 4. The smallest absolute Gasteiger partial charge is 0.408 e. The molecule has 0 spiro atoms. The van der Waals surface area contributed by atoms with Crippen LogP contribution in [0.2, 0.25) is 0 Å². The molecule has 4 unspecified atom stereocenters. The van der Waals surface area contributed by atoms with E-state index in [1.807, 2.05) is 13.8 Å². The first-order valence-electron chi connectivity index (χ1n) is 16.6. The molecule has 44 heavy (non-hydrogen) atoms. The van der Waals surface area contributed by atoms with E-state index in [9.17, 15) is 28.6 Å². The normalized spacial score (nSPS) is 18.9. The van der Waals surface area contributed by atoms with Gasteiger partial charge in [0.05, 0.1) is 12.2 Å². The van der Waals surface area contributed by atoms with Gasteiger partial charge in [0.2, 0.25) is 11.8 Å². The van der Waals surface area contributed by atoms with Gasteiger partial charge in [-0.1, -0.05) is 78.9 Å². The van der Waals surface area contributed by atoms with Gasteiger partial charge in [0.1, 0.15) is 11.4 Å². The Hall–Kier alpha value is -2.19. The fourth-order valence-electron chi connectivity index (χ4n) is 4.01. The van der Waals surface area contributed by atoms with Crippen molar-refractivity contribution in [2.75, 3.05) is 6.54 Å². The molecule has 5 N–H and O–H groups in total. The first-order chi connectivity index (χ1) is 20.6. The Morgan fingerprint density at radius 3 is 2.05 bits per heavy atom. The number of rotatable bonds is 16. The van der Waals surface area contributed by atoms with Gasteiger partial charge in [-0.05, 0) is 78.6 Å². The van der Waals surface area contributed by atoms with Crippen LogP contribution in [-0.4, -0.2) is 46.4 Å². The van der Waals surface area contributed by atoms with Crippen molar-refractivity contribution in [2.45, 2.75) is 151 Å². The third kappa shape index (κ3) is 24.2. The van der Waals surface area contributed by atoms with Crippen molar-refractivity contribution < 1.29 is 33.4 Å². The summed E-state index contributed by atoms with van der Waals surface area (Å²) in [6.45, 7) is 17.1. The number of Topliss-reactive ketones (excluding diaryl/α,β-unsaturated/α-hetero) is 1. The lowest BCUT2D eigenvalue weighted by Gasteiger charge is -2.19. The second kappa shape index (κ2) is 24.1. The summed E-state index contributed by atoms with van der Waals surface area (Å²) in [6, 6.07) is 0. The average Bonchev–Trinajstić information content (AvgIpc) is 3.85. The number of allylic oxidation sites excluding steroid dienone is 2. The standard InChI is InChI=1S/C14H24NO3P.C9H19NO.C8H15NO3.C2H6/c1-2-3-4-5-6-7-11-10-13(11)14(16)15-19(17,18)12-8-9-12;1-3-5-7-8(6-4-2)9(10)11;1-6(10)5-9-7(11)12-8(2,3)4;1-2/h6-7,11-13H,2-5,8-10H2,1H3,(H2,15,16,17,18);8H,3-7H2,1-2H3,(H2,10,11);5H2,1-4H3,(H,9,11);1-2H3/b7-6-;;;. The molecule has 2 aliphatic carbocycles. The maximum atomic E-state index is 11.8. The maximum absolute atomic E-state index is 11.8. The second-order valence-electron chi connectivity index (χ2n) is 12.3. The first-order valence-corrected chi connectivity index (χ1v) is 18.4. The molecule has 10 nitrogen and oxygen atoms in total. The molecular formula is C33H64N3O7P. The Balaban J connectivity index is 0. The fraction of sp³-hybridized carbons (Fsp3) is 0.818. The van der Waals surface area contributed by atoms with Crippen molar-refractivity contribution in [3.8, 4) is 0 Å². The van der Waals surface area contributed by atoms with E-state index in [4.69, 9.17) is 10.5 Å². The summed E-state index contributed by atoms with van der Waals surface area (Å²) in [6.07, 6.45) is 16.0. The zero-order valence-electron chi connectivity index (χ0n) is 29.1. The summed E-state index contributed by atoms with van der Waals surface area (Å²) in [7, 11) is -3.41. The molecule has 3 amide bonds. The summed E-state index contributed by atoms with van der Waals surface area (Å²) in [5, 5.41) is 4.69. The molecule has 2 fully saturated rings. The number of unbranched alkanes of at least 4 members (excludes halogenated alkanes) is 4. The number of nitrogens with one attached hydrogen (secondary N) is 2. The number of alkyl carbamates (subject to hydrolysis) is 1. The molecule has 2 aliphatic rings. The maximum Gasteiger partial charge on any atom is 0.408 e. The van der Waals surface area contributed by atoms with Gasteiger partial charge in [-0.15, -0.1) is 0 Å². The monoisotopic (exact) mass is 645 g/mol. The molecule has 0 saturated heterocycles. The number of amides is 3. The lowest BCUT2D eigenvalue weighted by molar-refractivity contribution is -0.122. The Morgan fingerprint density at radius 2 is 1.59 bits per heavy atom. The van der Waals surface area contributed by atoms with Crippen molar-refractivity contribution in [1.82, 2.24) is 10.4 Å². The van der Waals surface area contributed by atoms with Crippen molar-refractivity contribution in [1.29, 1.82) is 0 Å². The minimum absolute atomic E-state index is 0.0227. The van der Waals surface area contributed by atoms with E-state index in [0.717, 1.165) is 57.8 Å². The average molecular weight is 646 g/mol. The molecule has 0 aliphatic heterocycles. The number of ketones is 1. The van der Waals surface area contributed by atoms with Crippen LogP contribution >= 0.6 is 7.52 Å². The van der Waals surface area contributed by atoms with E-state index in [0.29, 0.717) is 0 Å². The van der Waals surface area contributed by atoms with Gasteiger partial charge in [-0.25, -0.2) is 4.79 Å². The van der Waals surface area contributed by atoms with Gasteiger partial charge in [-0.3, -0.25) is 24.0 Å². The molecule has 0 radical (unpaired) electrons. The predicted octanol–water partition coefficient (Wildman–Crippen LogP) is 7.43. The Bertz CT molecular complexity index is 914. The Kier molecular flexibility index (Phi) is 24.1. The highest BCUT2D eigenvalue weighted by atomic mass is 31.2. The second-order valence-corrected chi connectivity index (χ2v) is 14.5. The van der Waals surface area contributed by atoms with Gasteiger partial charge >= 0.3 is 6.09 Å². The van der Waals surface area contributed by atoms with E-state index >= 15 is 0 Å². The Labute approximate surface area is 267 Å². The van der Waals surface area contributed by atoms with E-state index in [1.165, 1.54) is 26.2 Å². The van der Waals surface area contributed by atoms with Crippen LogP contribution in [0.4, 0.5) is 4.79 Å². The lowest BCUT2D eigenvalue weighted by atomic mass is 9.97. The molecule has 0 aromatic carbocycles. The highest BCUT2D eigenvalue weighted by molar-refractivity contribution is 7.57. The number of nitrogens with two attached hydrogens (primary N) is 1. The summed E-state index contributed by atoms with van der Waals surface area (Å²) < 4.78 is 16.6. The van der Waals surface area contributed by atoms with E-state index in [-0.39, 0.29) is 47.6 Å². The number of ether oxygens (including phenoxy) is 1. The van der Waals surface area contributed by atoms with Gasteiger partial charge in [0, 0.05) is 11.8 Å². The van der Waals surface area contributed by atoms with E-state index in [2.05, 4.69) is 43.3 Å². The molecule has 0 aromatic rings. The number of carbonyl (C=O) groups is 4. The number of carbonyl (C=O) groups excluding carboxylic acids is 4. The van der Waals surface area contributed by atoms with Crippen LogP contribution in [0.25, 0.3) is 0 Å². The van der Waals surface area contributed by atoms with Crippen molar-refractivity contribution in [3.63, 3.8) is 0 Å². The zero-order valence-corrected chi connectivity index (χ0v) is 30.0. The topological polar surface area (TPSA) is 165 Å². The van der Waals surface area contributed by atoms with Crippen LogP contribution in [0.3, 0.4) is 0 Å². The Morgan fingerprint density at radius 1 is 1.00 bits per heavy atom. The summed E-state index contributed by atoms with van der Waals surface area (Å²) in [5.41, 5.74) is 4.53. The molecule has 258 valence electrons. The fourth-order valence-corrected chi connectivity index (χ4v) is 5.52. The largest absolute Gasteiger partial charge is 0.444 e. The van der Waals surface area contributed by atoms with Crippen molar-refractivity contribution >= 4 is 31.2 Å². The van der Waals surface area contributed by atoms with Gasteiger partial charge in [0.15, 0.2) is 0 Å². The van der Waals surface area contributed by atoms with Gasteiger partial charge in [-0.2, -0.15) is 0 Å². The minimum atomic E-state index is -3.41. The van der Waals surface area contributed by atoms with Gasteiger partial charge < -0.3 is 20.7 Å². The van der Waals surface area contributed by atoms with E-state index in [1.54, 1.807) is 20.8 Å². The zero-order chi connectivity index (χ0) is 34.3. The molecule has 4 atom stereocenters. The first kappa shape index (κ1) is 43.9.